The first-order chi connectivity index (χ1) is 10.1. The van der Waals surface area contributed by atoms with E-state index in [0.29, 0.717) is 23.5 Å². The minimum Gasteiger partial charge on any atom is -0.342 e. The summed E-state index contributed by atoms with van der Waals surface area (Å²) in [5.74, 6) is -0.439. The van der Waals surface area contributed by atoms with Crippen molar-refractivity contribution >= 4 is 5.91 Å². The number of amides is 1. The smallest absolute Gasteiger partial charge is 0.257 e. The van der Waals surface area contributed by atoms with Crippen LogP contribution in [0.1, 0.15) is 35.8 Å². The quantitative estimate of drug-likeness (QED) is 0.848. The molecular formula is C16H20FN3O. The molecule has 4 nitrogen and oxygen atoms in total. The van der Waals surface area contributed by atoms with Crippen molar-refractivity contribution in [2.75, 3.05) is 13.6 Å². The highest BCUT2D eigenvalue weighted by molar-refractivity contribution is 5.95. The van der Waals surface area contributed by atoms with Gasteiger partial charge < -0.3 is 4.90 Å². The maximum atomic E-state index is 13.8. The van der Waals surface area contributed by atoms with Gasteiger partial charge in [0, 0.05) is 13.6 Å². The molecule has 0 radical (unpaired) electrons. The molecule has 0 atom stereocenters. The van der Waals surface area contributed by atoms with Gasteiger partial charge >= 0.3 is 0 Å². The van der Waals surface area contributed by atoms with Crippen LogP contribution in [-0.2, 0) is 0 Å². The van der Waals surface area contributed by atoms with Crippen LogP contribution in [0.15, 0.2) is 30.5 Å². The van der Waals surface area contributed by atoms with E-state index < -0.39 is 0 Å². The van der Waals surface area contributed by atoms with Crippen molar-refractivity contribution in [3.8, 4) is 5.69 Å². The van der Waals surface area contributed by atoms with Gasteiger partial charge in [0.1, 0.15) is 11.5 Å². The zero-order chi connectivity index (χ0) is 15.4. The number of hydrogen-bond donors (Lipinski definition) is 0. The van der Waals surface area contributed by atoms with Gasteiger partial charge in [-0.2, -0.15) is 5.10 Å². The monoisotopic (exact) mass is 289 g/mol. The van der Waals surface area contributed by atoms with E-state index in [9.17, 15) is 9.18 Å². The summed E-state index contributed by atoms with van der Waals surface area (Å²) >= 11 is 0. The Bertz CT molecular complexity index is 636. The van der Waals surface area contributed by atoms with Crippen LogP contribution < -0.4 is 0 Å². The highest BCUT2D eigenvalue weighted by atomic mass is 19.1. The molecule has 1 amide bonds. The standard InChI is InChI=1S/C16H20FN3O/c1-4-5-10-19(3)16(21)13-11-18-20(12(13)2)15-9-7-6-8-14(15)17/h6-9,11H,4-5,10H2,1-3H3. The summed E-state index contributed by atoms with van der Waals surface area (Å²) in [6, 6.07) is 6.40. The van der Waals surface area contributed by atoms with E-state index in [0.717, 1.165) is 12.8 Å². The number of para-hydroxylation sites is 1. The van der Waals surface area contributed by atoms with Crippen LogP contribution >= 0.6 is 0 Å². The molecule has 0 saturated heterocycles. The van der Waals surface area contributed by atoms with Crippen LogP contribution in [0.2, 0.25) is 0 Å². The van der Waals surface area contributed by atoms with Crippen molar-refractivity contribution < 1.29 is 9.18 Å². The summed E-state index contributed by atoms with van der Waals surface area (Å²) in [7, 11) is 1.78. The number of unbranched alkanes of at least 4 members (excludes halogenated alkanes) is 1. The minimum absolute atomic E-state index is 0.0801. The second-order valence-electron chi connectivity index (χ2n) is 5.09. The Morgan fingerprint density at radius 3 is 2.76 bits per heavy atom. The normalized spacial score (nSPS) is 10.7. The van der Waals surface area contributed by atoms with Gasteiger partial charge in [0.05, 0.1) is 17.5 Å². The fourth-order valence-corrected chi connectivity index (χ4v) is 2.19. The molecule has 1 aromatic carbocycles. The van der Waals surface area contributed by atoms with Crippen molar-refractivity contribution in [1.82, 2.24) is 14.7 Å². The molecule has 0 unspecified atom stereocenters. The number of carbonyl (C=O) groups is 1. The van der Waals surface area contributed by atoms with Gasteiger partial charge in [-0.1, -0.05) is 25.5 Å². The summed E-state index contributed by atoms with van der Waals surface area (Å²) in [6.45, 7) is 4.57. The molecule has 0 aliphatic rings. The van der Waals surface area contributed by atoms with Gasteiger partial charge in [0.25, 0.3) is 5.91 Å². The van der Waals surface area contributed by atoms with Gasteiger partial charge in [-0.25, -0.2) is 9.07 Å². The first-order valence-electron chi connectivity index (χ1n) is 7.11. The topological polar surface area (TPSA) is 38.1 Å². The minimum atomic E-state index is -0.359. The molecule has 1 aromatic heterocycles. The average molecular weight is 289 g/mol. The highest BCUT2D eigenvalue weighted by Gasteiger charge is 2.19. The number of halogens is 1. The number of benzene rings is 1. The maximum Gasteiger partial charge on any atom is 0.257 e. The van der Waals surface area contributed by atoms with Gasteiger partial charge in [-0.3, -0.25) is 4.79 Å². The Morgan fingerprint density at radius 2 is 2.10 bits per heavy atom. The van der Waals surface area contributed by atoms with E-state index in [2.05, 4.69) is 12.0 Å². The maximum absolute atomic E-state index is 13.8. The zero-order valence-electron chi connectivity index (χ0n) is 12.6. The Labute approximate surface area is 124 Å². The molecule has 21 heavy (non-hydrogen) atoms. The molecule has 1 heterocycles. The van der Waals surface area contributed by atoms with Crippen molar-refractivity contribution in [2.24, 2.45) is 0 Å². The van der Waals surface area contributed by atoms with Crippen LogP contribution in [0.3, 0.4) is 0 Å². The first-order valence-corrected chi connectivity index (χ1v) is 7.11. The van der Waals surface area contributed by atoms with Crippen molar-refractivity contribution in [3.63, 3.8) is 0 Å². The second kappa shape index (κ2) is 6.52. The summed E-state index contributed by atoms with van der Waals surface area (Å²) < 4.78 is 15.3. The van der Waals surface area contributed by atoms with Crippen LogP contribution in [0.25, 0.3) is 5.69 Å². The number of rotatable bonds is 5. The van der Waals surface area contributed by atoms with Crippen LogP contribution in [0, 0.1) is 12.7 Å². The molecule has 0 aliphatic heterocycles. The lowest BCUT2D eigenvalue weighted by molar-refractivity contribution is 0.0792. The Balaban J connectivity index is 2.29. The molecule has 112 valence electrons. The van der Waals surface area contributed by atoms with E-state index in [1.54, 1.807) is 37.1 Å². The zero-order valence-corrected chi connectivity index (χ0v) is 12.6. The first kappa shape index (κ1) is 15.2. The fraction of sp³-hybridized carbons (Fsp3) is 0.375. The Hall–Kier alpha value is -2.17. The molecule has 2 aromatic rings. The lowest BCUT2D eigenvalue weighted by Gasteiger charge is -2.16. The second-order valence-corrected chi connectivity index (χ2v) is 5.09. The number of carbonyl (C=O) groups excluding carboxylic acids is 1. The van der Waals surface area contributed by atoms with Crippen molar-refractivity contribution in [1.29, 1.82) is 0 Å². The molecule has 0 spiro atoms. The fourth-order valence-electron chi connectivity index (χ4n) is 2.19. The van der Waals surface area contributed by atoms with E-state index in [4.69, 9.17) is 0 Å². The number of hydrogen-bond acceptors (Lipinski definition) is 2. The third-order valence-electron chi connectivity index (χ3n) is 3.51. The molecular weight excluding hydrogens is 269 g/mol. The van der Waals surface area contributed by atoms with Crippen LogP contribution in [0.4, 0.5) is 4.39 Å². The molecule has 0 aliphatic carbocycles. The molecule has 0 bridgehead atoms. The molecule has 5 heteroatoms. The van der Waals surface area contributed by atoms with E-state index in [1.807, 2.05) is 0 Å². The van der Waals surface area contributed by atoms with Gasteiger partial charge in [-0.05, 0) is 25.5 Å². The lowest BCUT2D eigenvalue weighted by atomic mass is 10.2. The van der Waals surface area contributed by atoms with Crippen LogP contribution in [0.5, 0.6) is 0 Å². The Morgan fingerprint density at radius 1 is 1.38 bits per heavy atom. The van der Waals surface area contributed by atoms with E-state index in [-0.39, 0.29) is 11.7 Å². The lowest BCUT2D eigenvalue weighted by Crippen LogP contribution is -2.28. The third kappa shape index (κ3) is 3.12. The summed E-state index contributed by atoms with van der Waals surface area (Å²) in [4.78, 5) is 14.1. The summed E-state index contributed by atoms with van der Waals surface area (Å²) in [5, 5.41) is 4.16. The number of nitrogens with zero attached hydrogens (tertiary/aromatic N) is 3. The van der Waals surface area contributed by atoms with E-state index in [1.165, 1.54) is 16.9 Å². The van der Waals surface area contributed by atoms with Crippen LogP contribution in [-0.4, -0.2) is 34.2 Å². The van der Waals surface area contributed by atoms with Crippen molar-refractivity contribution in [2.45, 2.75) is 26.7 Å². The van der Waals surface area contributed by atoms with Gasteiger partial charge in [0.2, 0.25) is 0 Å². The van der Waals surface area contributed by atoms with E-state index >= 15 is 0 Å². The SMILES string of the molecule is CCCCN(C)C(=O)c1cnn(-c2ccccc2F)c1C. The highest BCUT2D eigenvalue weighted by Crippen LogP contribution is 2.18. The summed E-state index contributed by atoms with van der Waals surface area (Å²) in [6.07, 6.45) is 3.50. The predicted octanol–water partition coefficient (Wildman–Crippen LogP) is 3.19. The predicted molar refractivity (Wildman–Crippen MR) is 80.1 cm³/mol. The number of aromatic nitrogens is 2. The molecule has 0 fully saturated rings. The summed E-state index contributed by atoms with van der Waals surface area (Å²) in [5.41, 5.74) is 1.51. The average Bonchev–Trinajstić information content (AvgIpc) is 2.86. The Kier molecular flexibility index (Phi) is 4.73. The van der Waals surface area contributed by atoms with Gasteiger partial charge in [-0.15, -0.1) is 0 Å². The third-order valence-corrected chi connectivity index (χ3v) is 3.51. The largest absolute Gasteiger partial charge is 0.342 e. The molecule has 0 saturated carbocycles. The molecule has 2 rings (SSSR count). The molecule has 0 N–H and O–H groups in total. The van der Waals surface area contributed by atoms with Crippen molar-refractivity contribution in [3.05, 3.63) is 47.5 Å². The van der Waals surface area contributed by atoms with Gasteiger partial charge in [0.15, 0.2) is 0 Å².